The van der Waals surface area contributed by atoms with Gasteiger partial charge in [-0.1, -0.05) is 48.5 Å². The van der Waals surface area contributed by atoms with Gasteiger partial charge in [-0.05, 0) is 28.1 Å². The van der Waals surface area contributed by atoms with Gasteiger partial charge in [0.05, 0.1) is 18.8 Å². The van der Waals surface area contributed by atoms with Crippen LogP contribution in [0, 0.1) is 0 Å². The van der Waals surface area contributed by atoms with E-state index in [9.17, 15) is 9.59 Å². The molecule has 152 valence electrons. The molecule has 2 heterocycles. The van der Waals surface area contributed by atoms with Gasteiger partial charge in [-0.2, -0.15) is 4.68 Å². The Bertz CT molecular complexity index is 1260. The minimum absolute atomic E-state index is 0.0776. The van der Waals surface area contributed by atoms with E-state index in [0.717, 1.165) is 11.3 Å². The highest BCUT2D eigenvalue weighted by molar-refractivity contribution is 5.62. The fraction of sp³-hybridized carbons (Fsp3) is 0.150. The normalized spacial score (nSPS) is 10.8. The van der Waals surface area contributed by atoms with Crippen molar-refractivity contribution in [2.24, 2.45) is 0 Å². The van der Waals surface area contributed by atoms with Gasteiger partial charge in [0.2, 0.25) is 0 Å². The number of nitrogens with two attached hydrogens (primary N) is 1. The van der Waals surface area contributed by atoms with E-state index in [1.165, 1.54) is 4.57 Å². The molecule has 0 fully saturated rings. The van der Waals surface area contributed by atoms with Crippen LogP contribution in [0.1, 0.15) is 11.4 Å². The predicted octanol–water partition coefficient (Wildman–Crippen LogP) is 0.779. The maximum atomic E-state index is 12.5. The molecular formula is C20H20N8O2. The molecule has 0 spiro atoms. The van der Waals surface area contributed by atoms with Crippen molar-refractivity contribution in [1.82, 2.24) is 29.8 Å². The van der Waals surface area contributed by atoms with Crippen molar-refractivity contribution in [3.05, 3.63) is 92.9 Å². The Balaban J connectivity index is 1.68. The number of nitrogens with one attached hydrogen (secondary N) is 1. The molecule has 0 aliphatic carbocycles. The lowest BCUT2D eigenvalue weighted by molar-refractivity contribution is 0.714. The maximum Gasteiger partial charge on any atom is 0.330 e. The molecule has 0 atom stereocenters. The minimum Gasteiger partial charge on any atom is -0.383 e. The second-order valence-corrected chi connectivity index (χ2v) is 6.76. The van der Waals surface area contributed by atoms with Crippen molar-refractivity contribution in [3.63, 3.8) is 0 Å². The molecule has 0 amide bonds. The molecule has 4 aromatic rings. The van der Waals surface area contributed by atoms with Crippen molar-refractivity contribution in [2.75, 3.05) is 17.7 Å². The standard InChI is InChI=1S/C20H20N8O2/c1-26(13-16-23-24-25-28(16)15-10-6-3-7-11-15)17-18(21)27(20(30)22-19(17)29)12-14-8-4-2-5-9-14/h2-11H,12-13,21H2,1H3,(H,22,29,30). The van der Waals surface area contributed by atoms with Crippen LogP contribution in [0.2, 0.25) is 0 Å². The summed E-state index contributed by atoms with van der Waals surface area (Å²) in [6, 6.07) is 18.8. The molecule has 30 heavy (non-hydrogen) atoms. The summed E-state index contributed by atoms with van der Waals surface area (Å²) in [7, 11) is 1.70. The molecule has 0 radical (unpaired) electrons. The van der Waals surface area contributed by atoms with Crippen molar-refractivity contribution in [3.8, 4) is 5.69 Å². The number of para-hydroxylation sites is 1. The Hall–Kier alpha value is -4.21. The highest BCUT2D eigenvalue weighted by atomic mass is 16.2. The summed E-state index contributed by atoms with van der Waals surface area (Å²) >= 11 is 0. The largest absolute Gasteiger partial charge is 0.383 e. The summed E-state index contributed by atoms with van der Waals surface area (Å²) in [4.78, 5) is 28.9. The number of rotatable bonds is 6. The molecule has 3 N–H and O–H groups in total. The third-order valence-electron chi connectivity index (χ3n) is 4.69. The van der Waals surface area contributed by atoms with Crippen molar-refractivity contribution in [1.29, 1.82) is 0 Å². The van der Waals surface area contributed by atoms with E-state index in [4.69, 9.17) is 5.73 Å². The van der Waals surface area contributed by atoms with Crippen LogP contribution in [-0.2, 0) is 13.1 Å². The molecule has 0 bridgehead atoms. The number of nitrogens with zero attached hydrogens (tertiary/aromatic N) is 6. The molecule has 2 aromatic heterocycles. The topological polar surface area (TPSA) is 128 Å². The van der Waals surface area contributed by atoms with Gasteiger partial charge in [-0.15, -0.1) is 5.10 Å². The smallest absolute Gasteiger partial charge is 0.330 e. The van der Waals surface area contributed by atoms with Crippen molar-refractivity contribution < 1.29 is 0 Å². The molecule has 0 saturated heterocycles. The van der Waals surface area contributed by atoms with E-state index in [-0.39, 0.29) is 24.6 Å². The summed E-state index contributed by atoms with van der Waals surface area (Å²) in [5.41, 5.74) is 6.98. The van der Waals surface area contributed by atoms with Crippen molar-refractivity contribution >= 4 is 11.5 Å². The number of nitrogen functional groups attached to an aromatic ring is 1. The summed E-state index contributed by atoms with van der Waals surface area (Å²) in [6.07, 6.45) is 0. The van der Waals surface area contributed by atoms with Gasteiger partial charge in [0.1, 0.15) is 11.5 Å². The number of H-pyrrole nitrogens is 1. The summed E-state index contributed by atoms with van der Waals surface area (Å²) in [6.45, 7) is 0.448. The van der Waals surface area contributed by atoms with E-state index >= 15 is 0 Å². The van der Waals surface area contributed by atoms with Gasteiger partial charge in [-0.25, -0.2) is 4.79 Å². The van der Waals surface area contributed by atoms with Crippen LogP contribution >= 0.6 is 0 Å². The highest BCUT2D eigenvalue weighted by Gasteiger charge is 2.19. The zero-order valence-electron chi connectivity index (χ0n) is 16.3. The van der Waals surface area contributed by atoms with Gasteiger partial charge in [-0.3, -0.25) is 14.3 Å². The highest BCUT2D eigenvalue weighted by Crippen LogP contribution is 2.18. The molecule has 4 rings (SSSR count). The van der Waals surface area contributed by atoms with Gasteiger partial charge in [0.15, 0.2) is 5.82 Å². The Morgan fingerprint density at radius 1 is 1.03 bits per heavy atom. The van der Waals surface area contributed by atoms with Gasteiger partial charge < -0.3 is 10.6 Å². The van der Waals surface area contributed by atoms with Crippen LogP contribution in [0.5, 0.6) is 0 Å². The molecule has 0 saturated carbocycles. The minimum atomic E-state index is -0.567. The number of benzene rings is 2. The van der Waals surface area contributed by atoms with Crippen LogP contribution < -0.4 is 21.9 Å². The molecule has 0 aliphatic heterocycles. The first-order valence-electron chi connectivity index (χ1n) is 9.25. The van der Waals surface area contributed by atoms with E-state index in [1.807, 2.05) is 60.7 Å². The molecular weight excluding hydrogens is 384 g/mol. The number of hydrogen-bond donors (Lipinski definition) is 2. The quantitative estimate of drug-likeness (QED) is 0.486. The number of tetrazole rings is 1. The average molecular weight is 404 g/mol. The van der Waals surface area contributed by atoms with E-state index in [0.29, 0.717) is 5.82 Å². The zero-order chi connectivity index (χ0) is 21.1. The van der Waals surface area contributed by atoms with Crippen LogP contribution in [-0.4, -0.2) is 36.8 Å². The molecule has 2 aromatic carbocycles. The fourth-order valence-corrected chi connectivity index (χ4v) is 3.23. The second-order valence-electron chi connectivity index (χ2n) is 6.76. The predicted molar refractivity (Wildman–Crippen MR) is 113 cm³/mol. The van der Waals surface area contributed by atoms with Crippen molar-refractivity contribution in [2.45, 2.75) is 13.1 Å². The lowest BCUT2D eigenvalue weighted by atomic mass is 10.2. The zero-order valence-corrected chi connectivity index (χ0v) is 16.3. The monoisotopic (exact) mass is 404 g/mol. The third kappa shape index (κ3) is 3.70. The van der Waals surface area contributed by atoms with Gasteiger partial charge in [0, 0.05) is 7.05 Å². The van der Waals surface area contributed by atoms with Crippen LogP contribution in [0.15, 0.2) is 70.3 Å². The SMILES string of the molecule is CN(Cc1nnnn1-c1ccccc1)c1c(N)n(Cc2ccccc2)c(=O)[nH]c1=O. The van der Waals surface area contributed by atoms with Crippen LogP contribution in [0.3, 0.4) is 0 Å². The van der Waals surface area contributed by atoms with E-state index in [2.05, 4.69) is 20.5 Å². The summed E-state index contributed by atoms with van der Waals surface area (Å²) in [5.74, 6) is 0.595. The molecule has 0 aliphatic rings. The summed E-state index contributed by atoms with van der Waals surface area (Å²) < 4.78 is 2.92. The Morgan fingerprint density at radius 2 is 1.70 bits per heavy atom. The van der Waals surface area contributed by atoms with E-state index in [1.54, 1.807) is 16.6 Å². The lowest BCUT2D eigenvalue weighted by Crippen LogP contribution is -2.37. The number of aromatic amines is 1. The third-order valence-corrected chi connectivity index (χ3v) is 4.69. The maximum absolute atomic E-state index is 12.5. The first-order chi connectivity index (χ1) is 14.5. The number of anilines is 2. The summed E-state index contributed by atoms with van der Waals surface area (Å²) in [5, 5.41) is 11.8. The average Bonchev–Trinajstić information content (AvgIpc) is 3.20. The number of hydrogen-bond acceptors (Lipinski definition) is 7. The molecule has 10 nitrogen and oxygen atoms in total. The number of aromatic nitrogens is 6. The fourth-order valence-electron chi connectivity index (χ4n) is 3.23. The Morgan fingerprint density at radius 3 is 2.40 bits per heavy atom. The Kier molecular flexibility index (Phi) is 5.12. The first kappa shape index (κ1) is 19.1. The Labute approximate surface area is 171 Å². The molecule has 0 unspecified atom stereocenters. The van der Waals surface area contributed by atoms with E-state index < -0.39 is 11.2 Å². The van der Waals surface area contributed by atoms with Crippen LogP contribution in [0.25, 0.3) is 5.69 Å². The first-order valence-corrected chi connectivity index (χ1v) is 9.25. The second kappa shape index (κ2) is 8.03. The lowest BCUT2D eigenvalue weighted by Gasteiger charge is -2.21. The van der Waals surface area contributed by atoms with Gasteiger partial charge in [0.25, 0.3) is 5.56 Å². The molecule has 10 heteroatoms. The van der Waals surface area contributed by atoms with Crippen LogP contribution in [0.4, 0.5) is 11.5 Å². The van der Waals surface area contributed by atoms with Gasteiger partial charge >= 0.3 is 5.69 Å².